The molecule has 0 aliphatic carbocycles. The highest BCUT2D eigenvalue weighted by atomic mass is 32.2. The fraction of sp³-hybridized carbons (Fsp3) is 0.267. The van der Waals surface area contributed by atoms with Gasteiger partial charge in [-0.15, -0.1) is 0 Å². The quantitative estimate of drug-likeness (QED) is 0.305. The number of sulfonamides is 1. The second-order valence-electron chi connectivity index (χ2n) is 10.2. The Kier molecular flexibility index (Phi) is 6.71. The maximum Gasteiger partial charge on any atom is 0.298 e. The molecule has 1 fully saturated rings. The monoisotopic (exact) mass is 574 g/mol. The van der Waals surface area contributed by atoms with Crippen molar-refractivity contribution >= 4 is 49.7 Å². The highest BCUT2D eigenvalue weighted by molar-refractivity contribution is 7.92. The molecule has 3 heterocycles. The number of rotatable bonds is 6. The van der Waals surface area contributed by atoms with Gasteiger partial charge in [-0.1, -0.05) is 42.0 Å². The summed E-state index contributed by atoms with van der Waals surface area (Å²) in [6.45, 7) is 3.26. The molecule has 1 saturated heterocycles. The van der Waals surface area contributed by atoms with E-state index in [2.05, 4.69) is 10.3 Å². The molecule has 212 valence electrons. The van der Waals surface area contributed by atoms with Crippen LogP contribution in [-0.4, -0.2) is 59.4 Å². The summed E-state index contributed by atoms with van der Waals surface area (Å²) in [5.74, 6) is 0.0919. The van der Waals surface area contributed by atoms with Gasteiger partial charge in [-0.2, -0.15) is 4.98 Å². The van der Waals surface area contributed by atoms with Crippen LogP contribution in [0.2, 0.25) is 0 Å². The van der Waals surface area contributed by atoms with Crippen LogP contribution in [-0.2, 0) is 14.8 Å². The first-order valence-electron chi connectivity index (χ1n) is 13.2. The van der Waals surface area contributed by atoms with Crippen molar-refractivity contribution in [2.75, 3.05) is 49.3 Å². The van der Waals surface area contributed by atoms with Crippen LogP contribution in [0.5, 0.6) is 0 Å². The second-order valence-corrected chi connectivity index (χ2v) is 12.2. The highest BCUT2D eigenvalue weighted by Gasteiger charge is 2.32. The zero-order valence-corrected chi connectivity index (χ0v) is 24.0. The van der Waals surface area contributed by atoms with Crippen LogP contribution in [0.3, 0.4) is 0 Å². The fourth-order valence-corrected chi connectivity index (χ4v) is 5.64. The summed E-state index contributed by atoms with van der Waals surface area (Å²) in [5.41, 5.74) is 5.01. The van der Waals surface area contributed by atoms with Gasteiger partial charge in [0, 0.05) is 43.2 Å². The highest BCUT2D eigenvalue weighted by Crippen LogP contribution is 2.41. The molecule has 1 N–H and O–H groups in total. The first kappa shape index (κ1) is 26.9. The molecule has 1 aliphatic rings. The molecule has 1 amide bonds. The number of benzene rings is 3. The maximum atomic E-state index is 13.2. The van der Waals surface area contributed by atoms with Crippen molar-refractivity contribution in [2.45, 2.75) is 13.0 Å². The van der Waals surface area contributed by atoms with E-state index >= 15 is 0 Å². The molecule has 10 nitrogen and oxygen atoms in total. The summed E-state index contributed by atoms with van der Waals surface area (Å²) in [5, 5.41) is 3.28. The van der Waals surface area contributed by atoms with Crippen LogP contribution in [0.25, 0.3) is 33.4 Å². The number of nitrogens with zero attached hydrogens (tertiary/aromatic N) is 3. The molecule has 0 spiro atoms. The minimum absolute atomic E-state index is 0.313. The van der Waals surface area contributed by atoms with E-state index in [1.165, 1.54) is 11.4 Å². The summed E-state index contributed by atoms with van der Waals surface area (Å²) < 4.78 is 45.1. The number of aromatic nitrogens is 1. The summed E-state index contributed by atoms with van der Waals surface area (Å²) >= 11 is 0. The van der Waals surface area contributed by atoms with Crippen LogP contribution in [0.4, 0.5) is 11.7 Å². The van der Waals surface area contributed by atoms with Gasteiger partial charge >= 0.3 is 0 Å². The Morgan fingerprint density at radius 2 is 1.83 bits per heavy atom. The molecule has 0 radical (unpaired) electrons. The van der Waals surface area contributed by atoms with E-state index < -0.39 is 16.1 Å². The van der Waals surface area contributed by atoms with Crippen molar-refractivity contribution in [1.82, 2.24) is 10.3 Å². The lowest BCUT2D eigenvalue weighted by Crippen LogP contribution is -2.39. The second kappa shape index (κ2) is 10.2. The smallest absolute Gasteiger partial charge is 0.298 e. The molecule has 1 atom stereocenters. The zero-order chi connectivity index (χ0) is 28.9. The van der Waals surface area contributed by atoms with E-state index in [4.69, 9.17) is 13.6 Å². The van der Waals surface area contributed by atoms with Gasteiger partial charge in [0.2, 0.25) is 10.0 Å². The molecular formula is C30H30N4O6S. The number of hydrogen-bond donors (Lipinski definition) is 1. The van der Waals surface area contributed by atoms with Crippen LogP contribution in [0, 0.1) is 6.92 Å². The molecule has 5 aromatic rings. The van der Waals surface area contributed by atoms with Gasteiger partial charge in [-0.05, 0) is 25.1 Å². The van der Waals surface area contributed by atoms with Crippen molar-refractivity contribution < 1.29 is 26.8 Å². The first-order chi connectivity index (χ1) is 19.6. The number of para-hydroxylation sites is 2. The predicted octanol–water partition coefficient (Wildman–Crippen LogP) is 4.88. The molecule has 1 aliphatic heterocycles. The van der Waals surface area contributed by atoms with E-state index in [-0.39, 0.29) is 5.91 Å². The van der Waals surface area contributed by atoms with Crippen molar-refractivity contribution in [3.8, 4) is 11.3 Å². The molecule has 3 aromatic carbocycles. The number of furan rings is 1. The number of carbonyl (C=O) groups is 1. The number of amides is 1. The Morgan fingerprint density at radius 1 is 1.07 bits per heavy atom. The number of hydrogen-bond acceptors (Lipinski definition) is 8. The fourth-order valence-electron chi connectivity index (χ4n) is 5.12. The third-order valence-electron chi connectivity index (χ3n) is 7.41. The summed E-state index contributed by atoms with van der Waals surface area (Å²) in [4.78, 5) is 19.8. The van der Waals surface area contributed by atoms with Crippen molar-refractivity contribution in [3.05, 3.63) is 77.4 Å². The number of aryl methyl sites for hydroxylation is 1. The lowest BCUT2D eigenvalue weighted by molar-refractivity contribution is 0.0386. The van der Waals surface area contributed by atoms with Gasteiger partial charge in [0.05, 0.1) is 30.7 Å². The Labute approximate surface area is 237 Å². The Bertz CT molecular complexity index is 1840. The average Bonchev–Trinajstić information content (AvgIpc) is 3.57. The molecule has 0 saturated carbocycles. The van der Waals surface area contributed by atoms with Gasteiger partial charge in [-0.3, -0.25) is 9.10 Å². The minimum Gasteiger partial charge on any atom is -0.455 e. The topological polar surface area (TPSA) is 118 Å². The van der Waals surface area contributed by atoms with Gasteiger partial charge in [0.1, 0.15) is 23.0 Å². The third-order valence-corrected chi connectivity index (χ3v) is 8.60. The van der Waals surface area contributed by atoms with Crippen LogP contribution >= 0.6 is 0 Å². The SMILES string of the molecule is CNC(=O)c1c(-c2ccc(C)cc2)oc2cc(N(C)S(C)(=O)=O)c([C@H]3CN(c4nc5ccccc5o4)CCO3)cc12. The normalized spacial score (nSPS) is 15.9. The molecule has 2 aromatic heterocycles. The standard InChI is InChI=1S/C30H30N4O6S/c1-18-9-11-19(12-10-18)28-27(29(35)31-2)21-15-20(23(16-25(21)39-28)33(3)41(4,36)37)26-17-34(13-14-38-26)30-32-22-7-5-6-8-24(22)40-30/h5-12,15-16,26H,13-14,17H2,1-4H3,(H,31,35)/t26-/m1/s1. The predicted molar refractivity (Wildman–Crippen MR) is 158 cm³/mol. The summed E-state index contributed by atoms with van der Waals surface area (Å²) in [6, 6.07) is 19.2. The first-order valence-corrected chi connectivity index (χ1v) is 15.0. The zero-order valence-electron chi connectivity index (χ0n) is 23.2. The van der Waals surface area contributed by atoms with Crippen LogP contribution < -0.4 is 14.5 Å². The Hall–Kier alpha value is -4.35. The Morgan fingerprint density at radius 3 is 2.54 bits per heavy atom. The van der Waals surface area contributed by atoms with E-state index in [1.807, 2.05) is 60.4 Å². The number of carbonyl (C=O) groups excluding carboxylic acids is 1. The van der Waals surface area contributed by atoms with Crippen molar-refractivity contribution in [3.63, 3.8) is 0 Å². The van der Waals surface area contributed by atoms with E-state index in [9.17, 15) is 13.2 Å². The number of fused-ring (bicyclic) bond motifs is 2. The largest absolute Gasteiger partial charge is 0.455 e. The lowest BCUT2D eigenvalue weighted by atomic mass is 9.99. The van der Waals surface area contributed by atoms with Crippen LogP contribution in [0.15, 0.2) is 69.5 Å². The average molecular weight is 575 g/mol. The molecule has 0 unspecified atom stereocenters. The number of anilines is 2. The number of oxazole rings is 1. The van der Waals surface area contributed by atoms with Gasteiger partial charge in [0.15, 0.2) is 5.58 Å². The lowest BCUT2D eigenvalue weighted by Gasteiger charge is -2.34. The summed E-state index contributed by atoms with van der Waals surface area (Å²) in [7, 11) is -0.582. The number of nitrogens with one attached hydrogen (secondary N) is 1. The van der Waals surface area contributed by atoms with E-state index in [1.54, 1.807) is 19.2 Å². The summed E-state index contributed by atoms with van der Waals surface area (Å²) in [6.07, 6.45) is 0.598. The van der Waals surface area contributed by atoms with Crippen molar-refractivity contribution in [2.24, 2.45) is 0 Å². The molecule has 6 rings (SSSR count). The molecular weight excluding hydrogens is 544 g/mol. The van der Waals surface area contributed by atoms with Gasteiger partial charge < -0.3 is 23.8 Å². The number of ether oxygens (including phenoxy) is 1. The number of morpholine rings is 1. The molecule has 41 heavy (non-hydrogen) atoms. The van der Waals surface area contributed by atoms with Crippen molar-refractivity contribution in [1.29, 1.82) is 0 Å². The molecule has 11 heteroatoms. The molecule has 0 bridgehead atoms. The van der Waals surface area contributed by atoms with Gasteiger partial charge in [-0.25, -0.2) is 8.42 Å². The Balaban J connectivity index is 1.50. The van der Waals surface area contributed by atoms with Crippen LogP contribution in [0.1, 0.15) is 27.6 Å². The maximum absolute atomic E-state index is 13.2. The third kappa shape index (κ3) is 4.91. The van der Waals surface area contributed by atoms with E-state index in [0.717, 1.165) is 22.9 Å². The minimum atomic E-state index is -3.64. The van der Waals surface area contributed by atoms with Gasteiger partial charge in [0.25, 0.3) is 11.9 Å². The van der Waals surface area contributed by atoms with E-state index in [0.29, 0.717) is 64.8 Å².